The van der Waals surface area contributed by atoms with E-state index in [1.54, 1.807) is 0 Å². The summed E-state index contributed by atoms with van der Waals surface area (Å²) in [5.41, 5.74) is 3.11. The van der Waals surface area contributed by atoms with Gasteiger partial charge in [0.2, 0.25) is 0 Å². The van der Waals surface area contributed by atoms with Crippen molar-refractivity contribution in [1.82, 2.24) is 5.32 Å². The van der Waals surface area contributed by atoms with E-state index in [0.717, 1.165) is 28.4 Å². The van der Waals surface area contributed by atoms with Gasteiger partial charge in [0.1, 0.15) is 0 Å². The zero-order valence-corrected chi connectivity index (χ0v) is 15.2. The summed E-state index contributed by atoms with van der Waals surface area (Å²) in [7, 11) is 0. The molecule has 0 spiro atoms. The number of aryl methyl sites for hydroxylation is 1. The summed E-state index contributed by atoms with van der Waals surface area (Å²) in [5, 5.41) is 5.80. The Balaban J connectivity index is 1.68. The third kappa shape index (κ3) is 3.28. The number of fused-ring (bicyclic) bond motifs is 1. The lowest BCUT2D eigenvalue weighted by atomic mass is 10.0. The molecule has 0 bridgehead atoms. The molecule has 0 radical (unpaired) electrons. The fraction of sp³-hybridized carbons (Fsp3) is 0.0909. The molecule has 1 fully saturated rings. The number of benzene rings is 3. The van der Waals surface area contributed by atoms with Crippen molar-refractivity contribution in [2.45, 2.75) is 13.3 Å². The minimum atomic E-state index is -0.101. The van der Waals surface area contributed by atoms with Gasteiger partial charge in [-0.2, -0.15) is 0 Å². The van der Waals surface area contributed by atoms with Crippen molar-refractivity contribution in [1.29, 1.82) is 0 Å². The monoisotopic (exact) mass is 358 g/mol. The third-order valence-electron chi connectivity index (χ3n) is 4.36. The lowest BCUT2D eigenvalue weighted by Crippen LogP contribution is -2.19. The van der Waals surface area contributed by atoms with Gasteiger partial charge >= 0.3 is 0 Å². The van der Waals surface area contributed by atoms with Crippen molar-refractivity contribution in [2.24, 2.45) is 4.99 Å². The van der Waals surface area contributed by atoms with E-state index in [0.29, 0.717) is 10.1 Å². The van der Waals surface area contributed by atoms with E-state index < -0.39 is 0 Å². The first-order chi connectivity index (χ1) is 12.7. The predicted octanol–water partition coefficient (Wildman–Crippen LogP) is 5.29. The highest BCUT2D eigenvalue weighted by Crippen LogP contribution is 2.31. The van der Waals surface area contributed by atoms with Crippen LogP contribution in [-0.4, -0.2) is 11.1 Å². The Hall–Kier alpha value is -2.85. The molecule has 0 aliphatic carbocycles. The van der Waals surface area contributed by atoms with Crippen LogP contribution in [0.3, 0.4) is 0 Å². The topological polar surface area (TPSA) is 41.5 Å². The van der Waals surface area contributed by atoms with Crippen molar-refractivity contribution in [2.75, 3.05) is 0 Å². The number of aliphatic imine (C=N–C) groups is 1. The molecule has 3 aromatic carbocycles. The number of thioether (sulfide) groups is 1. The van der Waals surface area contributed by atoms with Gasteiger partial charge < -0.3 is 5.32 Å². The van der Waals surface area contributed by atoms with Gasteiger partial charge in [-0.05, 0) is 52.2 Å². The van der Waals surface area contributed by atoms with Gasteiger partial charge in [-0.15, -0.1) is 0 Å². The fourth-order valence-electron chi connectivity index (χ4n) is 3.03. The summed E-state index contributed by atoms with van der Waals surface area (Å²) < 4.78 is 0. The highest BCUT2D eigenvalue weighted by molar-refractivity contribution is 8.18. The average molecular weight is 358 g/mol. The van der Waals surface area contributed by atoms with Gasteiger partial charge in [0.15, 0.2) is 5.17 Å². The number of carbonyl (C=O) groups is 1. The largest absolute Gasteiger partial charge is 0.300 e. The number of para-hydroxylation sites is 1. The second-order valence-electron chi connectivity index (χ2n) is 6.03. The second-order valence-corrected chi connectivity index (χ2v) is 7.06. The van der Waals surface area contributed by atoms with Crippen LogP contribution in [0.4, 0.5) is 5.69 Å². The number of rotatable bonds is 3. The Labute approximate surface area is 156 Å². The van der Waals surface area contributed by atoms with Crippen molar-refractivity contribution in [3.8, 4) is 0 Å². The summed E-state index contributed by atoms with van der Waals surface area (Å²) >= 11 is 1.39. The molecule has 4 rings (SSSR count). The standard InChI is InChI=1S/C22H18N2OS/c1-2-15-8-4-6-13-19(15)23-22-24-21(25)20(26-22)14-17-11-7-10-16-9-3-5-12-18(16)17/h3-14H,2H2,1H3,(H,23,24,25). The zero-order valence-electron chi connectivity index (χ0n) is 14.4. The number of amidine groups is 1. The van der Waals surface area contributed by atoms with Gasteiger partial charge in [-0.25, -0.2) is 4.99 Å². The van der Waals surface area contributed by atoms with Crippen LogP contribution in [0.5, 0.6) is 0 Å². The highest BCUT2D eigenvalue weighted by Gasteiger charge is 2.24. The first kappa shape index (κ1) is 16.6. The maximum Gasteiger partial charge on any atom is 0.264 e. The maximum atomic E-state index is 12.4. The van der Waals surface area contributed by atoms with Gasteiger partial charge in [0, 0.05) is 0 Å². The first-order valence-electron chi connectivity index (χ1n) is 8.60. The molecule has 1 amide bonds. The molecular weight excluding hydrogens is 340 g/mol. The molecule has 3 nitrogen and oxygen atoms in total. The molecule has 1 aliphatic heterocycles. The van der Waals surface area contributed by atoms with E-state index in [2.05, 4.69) is 41.5 Å². The van der Waals surface area contributed by atoms with Crippen LogP contribution in [0.25, 0.3) is 16.8 Å². The maximum absolute atomic E-state index is 12.4. The molecule has 128 valence electrons. The van der Waals surface area contributed by atoms with Gasteiger partial charge in [-0.1, -0.05) is 67.6 Å². The third-order valence-corrected chi connectivity index (χ3v) is 5.27. The fourth-order valence-corrected chi connectivity index (χ4v) is 3.85. The zero-order chi connectivity index (χ0) is 17.9. The lowest BCUT2D eigenvalue weighted by Gasteiger charge is -2.03. The normalized spacial score (nSPS) is 17.2. The minimum Gasteiger partial charge on any atom is -0.300 e. The molecule has 1 heterocycles. The Morgan fingerprint density at radius 1 is 1.00 bits per heavy atom. The van der Waals surface area contributed by atoms with Gasteiger partial charge in [0.25, 0.3) is 5.91 Å². The lowest BCUT2D eigenvalue weighted by molar-refractivity contribution is -0.115. The molecule has 4 heteroatoms. The van der Waals surface area contributed by atoms with Crippen LogP contribution in [0.1, 0.15) is 18.1 Å². The second kappa shape index (κ2) is 7.18. The number of hydrogen-bond acceptors (Lipinski definition) is 3. The molecule has 1 aliphatic rings. The van der Waals surface area contributed by atoms with Crippen molar-refractivity contribution >= 4 is 45.4 Å². The van der Waals surface area contributed by atoms with Crippen LogP contribution in [0, 0.1) is 0 Å². The van der Waals surface area contributed by atoms with Crippen LogP contribution < -0.4 is 5.32 Å². The Morgan fingerprint density at radius 2 is 1.77 bits per heavy atom. The van der Waals surface area contributed by atoms with E-state index in [1.165, 1.54) is 17.3 Å². The van der Waals surface area contributed by atoms with E-state index in [9.17, 15) is 4.79 Å². The van der Waals surface area contributed by atoms with Crippen molar-refractivity contribution < 1.29 is 4.79 Å². The number of amides is 1. The summed E-state index contributed by atoms with van der Waals surface area (Å²) in [6.45, 7) is 2.10. The first-order valence-corrected chi connectivity index (χ1v) is 9.41. The molecule has 0 aromatic heterocycles. The van der Waals surface area contributed by atoms with E-state index in [1.807, 2.05) is 48.5 Å². The Morgan fingerprint density at radius 3 is 2.65 bits per heavy atom. The quantitative estimate of drug-likeness (QED) is 0.646. The molecule has 26 heavy (non-hydrogen) atoms. The molecule has 0 unspecified atom stereocenters. The summed E-state index contributed by atoms with van der Waals surface area (Å²) in [6.07, 6.45) is 2.85. The van der Waals surface area contributed by atoms with E-state index in [4.69, 9.17) is 0 Å². The number of nitrogens with one attached hydrogen (secondary N) is 1. The summed E-state index contributed by atoms with van der Waals surface area (Å²) in [6, 6.07) is 22.3. The van der Waals surface area contributed by atoms with Crippen LogP contribution in [0.15, 0.2) is 76.6 Å². The van der Waals surface area contributed by atoms with Gasteiger partial charge in [-0.3, -0.25) is 4.79 Å². The smallest absolute Gasteiger partial charge is 0.264 e. The van der Waals surface area contributed by atoms with Gasteiger partial charge in [0.05, 0.1) is 10.6 Å². The minimum absolute atomic E-state index is 0.101. The van der Waals surface area contributed by atoms with Crippen LogP contribution in [0.2, 0.25) is 0 Å². The van der Waals surface area contributed by atoms with E-state index >= 15 is 0 Å². The SMILES string of the molecule is CCc1ccccc1N=C1NC(=O)C(=Cc2cccc3ccccc23)S1. The molecular formula is C22H18N2OS. The summed E-state index contributed by atoms with van der Waals surface area (Å²) in [5.74, 6) is -0.101. The number of hydrogen-bond donors (Lipinski definition) is 1. The predicted molar refractivity (Wildman–Crippen MR) is 111 cm³/mol. The molecule has 1 N–H and O–H groups in total. The Bertz CT molecular complexity index is 1050. The molecule has 0 saturated carbocycles. The number of nitrogens with zero attached hydrogens (tertiary/aromatic N) is 1. The van der Waals surface area contributed by atoms with Crippen molar-refractivity contribution in [3.63, 3.8) is 0 Å². The van der Waals surface area contributed by atoms with Crippen LogP contribution in [-0.2, 0) is 11.2 Å². The van der Waals surface area contributed by atoms with E-state index in [-0.39, 0.29) is 5.91 Å². The average Bonchev–Trinajstić information content (AvgIpc) is 3.01. The van der Waals surface area contributed by atoms with Crippen LogP contribution >= 0.6 is 11.8 Å². The Kier molecular flexibility index (Phi) is 4.59. The molecule has 0 atom stereocenters. The highest BCUT2D eigenvalue weighted by atomic mass is 32.2. The molecule has 3 aromatic rings. The van der Waals surface area contributed by atoms with Crippen molar-refractivity contribution in [3.05, 3.63) is 82.8 Å². The number of carbonyl (C=O) groups excluding carboxylic acids is 1. The summed E-state index contributed by atoms with van der Waals surface area (Å²) in [4.78, 5) is 17.7. The molecule has 1 saturated heterocycles.